The van der Waals surface area contributed by atoms with E-state index in [-0.39, 0.29) is 11.5 Å². The number of aromatic hydroxyl groups is 2. The quantitative estimate of drug-likeness (QED) is 0.773. The summed E-state index contributed by atoms with van der Waals surface area (Å²) in [6.45, 7) is 4.40. The lowest BCUT2D eigenvalue weighted by Crippen LogP contribution is -2.40. The Hall–Kier alpha value is -1.22. The van der Waals surface area contributed by atoms with Gasteiger partial charge in [-0.15, -0.1) is 0 Å². The van der Waals surface area contributed by atoms with Crippen LogP contribution in [0.5, 0.6) is 11.5 Å². The second-order valence-electron chi connectivity index (χ2n) is 5.27. The molecule has 17 heavy (non-hydrogen) atoms. The standard InChI is InChI=1S/C14H21NO2/c1-9(2)15(3)12-5-4-10-7-13(16)14(17)8-11(10)6-12/h7-9,12,16-17H,4-6H2,1-3H3. The molecule has 0 aromatic heterocycles. The molecular formula is C14H21NO2. The van der Waals surface area contributed by atoms with Crippen LogP contribution >= 0.6 is 0 Å². The van der Waals surface area contributed by atoms with Gasteiger partial charge in [-0.05, 0) is 63.4 Å². The van der Waals surface area contributed by atoms with Crippen molar-refractivity contribution in [2.24, 2.45) is 0 Å². The molecule has 0 radical (unpaired) electrons. The molecule has 1 aromatic carbocycles. The first-order valence-corrected chi connectivity index (χ1v) is 6.24. The summed E-state index contributed by atoms with van der Waals surface area (Å²) in [5, 5.41) is 19.0. The van der Waals surface area contributed by atoms with E-state index in [0.717, 1.165) is 19.3 Å². The van der Waals surface area contributed by atoms with Crippen LogP contribution in [0.2, 0.25) is 0 Å². The number of phenols is 2. The maximum Gasteiger partial charge on any atom is 0.157 e. The molecule has 1 aliphatic carbocycles. The third-order valence-corrected chi connectivity index (χ3v) is 3.89. The number of phenolic OH excluding ortho intramolecular Hbond substituents is 2. The van der Waals surface area contributed by atoms with Gasteiger partial charge in [0.25, 0.3) is 0 Å². The number of rotatable bonds is 2. The number of likely N-dealkylation sites (N-methyl/N-ethyl adjacent to an activating group) is 1. The van der Waals surface area contributed by atoms with E-state index in [9.17, 15) is 10.2 Å². The highest BCUT2D eigenvalue weighted by Gasteiger charge is 2.24. The zero-order chi connectivity index (χ0) is 12.6. The second-order valence-corrected chi connectivity index (χ2v) is 5.27. The zero-order valence-corrected chi connectivity index (χ0v) is 10.8. The normalized spacial score (nSPS) is 19.7. The summed E-state index contributed by atoms with van der Waals surface area (Å²) in [6, 6.07) is 4.49. The first-order valence-electron chi connectivity index (χ1n) is 6.24. The molecule has 0 spiro atoms. The third-order valence-electron chi connectivity index (χ3n) is 3.89. The number of nitrogens with zero attached hydrogens (tertiary/aromatic N) is 1. The topological polar surface area (TPSA) is 43.7 Å². The summed E-state index contributed by atoms with van der Waals surface area (Å²) < 4.78 is 0. The summed E-state index contributed by atoms with van der Waals surface area (Å²) >= 11 is 0. The average Bonchev–Trinajstić information content (AvgIpc) is 2.29. The number of benzene rings is 1. The average molecular weight is 235 g/mol. The van der Waals surface area contributed by atoms with Crippen LogP contribution in [0.25, 0.3) is 0 Å². The van der Waals surface area contributed by atoms with Crippen molar-refractivity contribution in [1.29, 1.82) is 0 Å². The first kappa shape index (κ1) is 12.2. The van der Waals surface area contributed by atoms with Crippen molar-refractivity contribution in [3.8, 4) is 11.5 Å². The van der Waals surface area contributed by atoms with Gasteiger partial charge in [0, 0.05) is 12.1 Å². The molecule has 0 fully saturated rings. The van der Waals surface area contributed by atoms with Crippen molar-refractivity contribution in [2.45, 2.75) is 45.2 Å². The van der Waals surface area contributed by atoms with Crippen LogP contribution < -0.4 is 0 Å². The van der Waals surface area contributed by atoms with Gasteiger partial charge in [0.2, 0.25) is 0 Å². The van der Waals surface area contributed by atoms with Crippen LogP contribution in [0.4, 0.5) is 0 Å². The van der Waals surface area contributed by atoms with E-state index in [1.165, 1.54) is 11.1 Å². The monoisotopic (exact) mass is 235 g/mol. The van der Waals surface area contributed by atoms with E-state index in [2.05, 4.69) is 25.8 Å². The fourth-order valence-electron chi connectivity index (χ4n) is 2.53. The summed E-state index contributed by atoms with van der Waals surface area (Å²) in [6.07, 6.45) is 3.05. The molecule has 1 aromatic rings. The van der Waals surface area contributed by atoms with Gasteiger partial charge in [-0.25, -0.2) is 0 Å². The minimum absolute atomic E-state index is 0.000542. The smallest absolute Gasteiger partial charge is 0.157 e. The van der Waals surface area contributed by atoms with Crippen LogP contribution in [0.3, 0.4) is 0 Å². The van der Waals surface area contributed by atoms with E-state index in [0.29, 0.717) is 12.1 Å². The molecule has 3 nitrogen and oxygen atoms in total. The molecule has 0 aliphatic heterocycles. The molecule has 1 aliphatic rings. The largest absolute Gasteiger partial charge is 0.504 e. The van der Waals surface area contributed by atoms with Crippen molar-refractivity contribution in [2.75, 3.05) is 7.05 Å². The Morgan fingerprint density at radius 3 is 2.35 bits per heavy atom. The molecular weight excluding hydrogens is 214 g/mol. The Kier molecular flexibility index (Phi) is 3.29. The Balaban J connectivity index is 2.21. The predicted molar refractivity (Wildman–Crippen MR) is 68.5 cm³/mol. The molecule has 0 amide bonds. The van der Waals surface area contributed by atoms with Gasteiger partial charge in [0.1, 0.15) is 0 Å². The molecule has 2 N–H and O–H groups in total. The molecule has 3 heteroatoms. The molecule has 0 bridgehead atoms. The number of hydrogen-bond donors (Lipinski definition) is 2. The number of hydrogen-bond acceptors (Lipinski definition) is 3. The predicted octanol–water partition coefficient (Wildman–Crippen LogP) is 2.30. The fourth-order valence-corrected chi connectivity index (χ4v) is 2.53. The second kappa shape index (κ2) is 4.57. The van der Waals surface area contributed by atoms with E-state index in [1.54, 1.807) is 12.1 Å². The lowest BCUT2D eigenvalue weighted by Gasteiger charge is -2.35. The van der Waals surface area contributed by atoms with Gasteiger partial charge >= 0.3 is 0 Å². The van der Waals surface area contributed by atoms with Crippen LogP contribution in [0.15, 0.2) is 12.1 Å². The van der Waals surface area contributed by atoms with Gasteiger partial charge < -0.3 is 15.1 Å². The van der Waals surface area contributed by atoms with E-state index >= 15 is 0 Å². The van der Waals surface area contributed by atoms with Crippen LogP contribution in [0.1, 0.15) is 31.4 Å². The minimum atomic E-state index is -0.00315. The highest BCUT2D eigenvalue weighted by atomic mass is 16.3. The number of aryl methyl sites for hydroxylation is 1. The molecule has 0 heterocycles. The maximum absolute atomic E-state index is 9.55. The Bertz CT molecular complexity index is 415. The highest BCUT2D eigenvalue weighted by Crippen LogP contribution is 2.33. The molecule has 0 saturated carbocycles. The summed E-state index contributed by atoms with van der Waals surface area (Å²) in [5.74, 6) is -0.00369. The Morgan fingerprint density at radius 1 is 1.18 bits per heavy atom. The lowest BCUT2D eigenvalue weighted by atomic mass is 9.87. The van der Waals surface area contributed by atoms with Gasteiger partial charge in [-0.3, -0.25) is 0 Å². The van der Waals surface area contributed by atoms with Crippen LogP contribution in [0, 0.1) is 0 Å². The first-order chi connectivity index (χ1) is 7.99. The van der Waals surface area contributed by atoms with Crippen LogP contribution in [-0.2, 0) is 12.8 Å². The van der Waals surface area contributed by atoms with Crippen molar-refractivity contribution in [3.05, 3.63) is 23.3 Å². The van der Waals surface area contributed by atoms with Crippen molar-refractivity contribution in [1.82, 2.24) is 4.90 Å². The molecule has 0 saturated heterocycles. The van der Waals surface area contributed by atoms with Gasteiger partial charge in [-0.1, -0.05) is 0 Å². The summed E-state index contributed by atoms with van der Waals surface area (Å²) in [5.41, 5.74) is 2.35. The summed E-state index contributed by atoms with van der Waals surface area (Å²) in [4.78, 5) is 2.38. The minimum Gasteiger partial charge on any atom is -0.504 e. The van der Waals surface area contributed by atoms with Gasteiger partial charge in [-0.2, -0.15) is 0 Å². The Labute approximate surface area is 103 Å². The molecule has 1 atom stereocenters. The third kappa shape index (κ3) is 2.39. The Morgan fingerprint density at radius 2 is 1.76 bits per heavy atom. The number of fused-ring (bicyclic) bond motifs is 1. The SMILES string of the molecule is CC(C)N(C)C1CCc2cc(O)c(O)cc2C1. The fraction of sp³-hybridized carbons (Fsp3) is 0.571. The zero-order valence-electron chi connectivity index (χ0n) is 10.8. The molecule has 2 rings (SSSR count). The van der Waals surface area contributed by atoms with E-state index in [1.807, 2.05) is 0 Å². The van der Waals surface area contributed by atoms with E-state index in [4.69, 9.17) is 0 Å². The van der Waals surface area contributed by atoms with Gasteiger partial charge in [0.05, 0.1) is 0 Å². The summed E-state index contributed by atoms with van der Waals surface area (Å²) in [7, 11) is 2.15. The highest BCUT2D eigenvalue weighted by molar-refractivity contribution is 5.46. The van der Waals surface area contributed by atoms with Crippen molar-refractivity contribution >= 4 is 0 Å². The van der Waals surface area contributed by atoms with Crippen molar-refractivity contribution < 1.29 is 10.2 Å². The van der Waals surface area contributed by atoms with E-state index < -0.39 is 0 Å². The molecule has 1 unspecified atom stereocenters. The molecule has 94 valence electrons. The van der Waals surface area contributed by atoms with Crippen LogP contribution in [-0.4, -0.2) is 34.2 Å². The van der Waals surface area contributed by atoms with Crippen molar-refractivity contribution in [3.63, 3.8) is 0 Å². The lowest BCUT2D eigenvalue weighted by molar-refractivity contribution is 0.179. The van der Waals surface area contributed by atoms with Gasteiger partial charge in [0.15, 0.2) is 11.5 Å². The maximum atomic E-state index is 9.55.